The van der Waals surface area contributed by atoms with E-state index in [4.69, 9.17) is 15.2 Å². The van der Waals surface area contributed by atoms with Gasteiger partial charge in [0, 0.05) is 30.1 Å². The average molecular weight is 584 g/mol. The molecule has 1 unspecified atom stereocenters. The largest absolute Gasteiger partial charge is 0.462 e. The molecular formula is C32H57NO8. The van der Waals surface area contributed by atoms with Crippen molar-refractivity contribution in [1.82, 2.24) is 0 Å². The van der Waals surface area contributed by atoms with Crippen molar-refractivity contribution < 1.29 is 39.5 Å². The Labute approximate surface area is 247 Å². The number of ether oxygens (including phenoxy) is 2. The van der Waals surface area contributed by atoms with Gasteiger partial charge in [-0.3, -0.25) is 4.79 Å². The molecule has 1 aliphatic heterocycles. The second-order valence-electron chi connectivity index (χ2n) is 12.5. The van der Waals surface area contributed by atoms with Crippen molar-refractivity contribution in [1.29, 1.82) is 0 Å². The van der Waals surface area contributed by atoms with Crippen LogP contribution in [0.4, 0.5) is 4.79 Å². The molecule has 0 aliphatic carbocycles. The summed E-state index contributed by atoms with van der Waals surface area (Å²) in [6, 6.07) is 0. The Morgan fingerprint density at radius 3 is 2.20 bits per heavy atom. The number of allylic oxidation sites excluding steroid dienone is 1. The molecule has 13 atom stereocenters. The van der Waals surface area contributed by atoms with E-state index < -0.39 is 54.6 Å². The van der Waals surface area contributed by atoms with E-state index in [1.807, 2.05) is 46.8 Å². The van der Waals surface area contributed by atoms with Crippen LogP contribution in [0.25, 0.3) is 0 Å². The summed E-state index contributed by atoms with van der Waals surface area (Å²) in [6.07, 6.45) is 5.94. The molecule has 0 aromatic rings. The van der Waals surface area contributed by atoms with E-state index in [0.717, 1.165) is 19.3 Å². The van der Waals surface area contributed by atoms with Crippen molar-refractivity contribution in [2.75, 3.05) is 0 Å². The van der Waals surface area contributed by atoms with E-state index in [2.05, 4.69) is 6.92 Å². The number of esters is 1. The third-order valence-corrected chi connectivity index (χ3v) is 8.88. The van der Waals surface area contributed by atoms with Crippen molar-refractivity contribution in [3.05, 3.63) is 24.3 Å². The third-order valence-electron chi connectivity index (χ3n) is 8.88. The minimum Gasteiger partial charge on any atom is -0.462 e. The highest BCUT2D eigenvalue weighted by Crippen LogP contribution is 2.30. The van der Waals surface area contributed by atoms with Gasteiger partial charge in [0.15, 0.2) is 0 Å². The number of carbonyl (C=O) groups is 2. The fourth-order valence-electron chi connectivity index (χ4n) is 5.69. The van der Waals surface area contributed by atoms with Crippen molar-refractivity contribution in [2.45, 2.75) is 124 Å². The predicted octanol–water partition coefficient (Wildman–Crippen LogP) is 4.35. The number of hydrogen-bond acceptors (Lipinski definition) is 8. The van der Waals surface area contributed by atoms with E-state index >= 15 is 0 Å². The van der Waals surface area contributed by atoms with Gasteiger partial charge in [0.2, 0.25) is 0 Å². The highest BCUT2D eigenvalue weighted by molar-refractivity contribution is 5.73. The minimum atomic E-state index is -0.882. The standard InChI is InChI=1S/C32H57NO8/c1-9-10-12-21(5)30(41-32(33)39)23(7)28(36)19(3)14-11-13-18(2)27(35)20(4)15-16-25(34)17-26-22(6)29(37)24(8)31(38)40-26/h11,13,15-16,18-30,34-37H,9-10,12,14,17H2,1-8H3,(H2,33,39)/b13-11-,16-15-/t18-,19-,20-,21-,22-,23-,24+,25+,26?,27+,28+,29-,30-/m0/s1. The van der Waals surface area contributed by atoms with Crippen LogP contribution in [0.2, 0.25) is 0 Å². The van der Waals surface area contributed by atoms with Gasteiger partial charge in [-0.15, -0.1) is 0 Å². The van der Waals surface area contributed by atoms with Crippen LogP contribution in [0.1, 0.15) is 87.5 Å². The van der Waals surface area contributed by atoms with Crippen LogP contribution in [-0.2, 0) is 14.3 Å². The molecule has 1 saturated heterocycles. The monoisotopic (exact) mass is 583 g/mol. The summed E-state index contributed by atoms with van der Waals surface area (Å²) >= 11 is 0. The highest BCUT2D eigenvalue weighted by atomic mass is 16.6. The van der Waals surface area contributed by atoms with E-state index in [0.29, 0.717) is 6.42 Å². The Balaban J connectivity index is 2.65. The highest BCUT2D eigenvalue weighted by Gasteiger charge is 2.41. The van der Waals surface area contributed by atoms with E-state index in [9.17, 15) is 30.0 Å². The van der Waals surface area contributed by atoms with Crippen molar-refractivity contribution in [3.8, 4) is 0 Å². The summed E-state index contributed by atoms with van der Waals surface area (Å²) < 4.78 is 10.8. The lowest BCUT2D eigenvalue weighted by Gasteiger charge is -2.36. The molecule has 6 N–H and O–H groups in total. The molecule has 0 aromatic carbocycles. The molecular weight excluding hydrogens is 526 g/mol. The van der Waals surface area contributed by atoms with Gasteiger partial charge < -0.3 is 35.6 Å². The maximum atomic E-state index is 11.9. The van der Waals surface area contributed by atoms with Crippen LogP contribution in [0.5, 0.6) is 0 Å². The van der Waals surface area contributed by atoms with E-state index in [-0.39, 0.29) is 41.9 Å². The Morgan fingerprint density at radius 2 is 1.61 bits per heavy atom. The zero-order chi connectivity index (χ0) is 31.4. The molecule has 0 bridgehead atoms. The average Bonchev–Trinajstić information content (AvgIpc) is 2.93. The Kier molecular flexibility index (Phi) is 16.2. The lowest BCUT2D eigenvalue weighted by Crippen LogP contribution is -2.47. The van der Waals surface area contributed by atoms with Crippen molar-refractivity contribution in [2.24, 2.45) is 47.2 Å². The predicted molar refractivity (Wildman–Crippen MR) is 160 cm³/mol. The number of aliphatic hydroxyl groups excluding tert-OH is 4. The number of carbonyl (C=O) groups excluding carboxylic acids is 2. The number of cyclic esters (lactones) is 1. The van der Waals surface area contributed by atoms with Crippen LogP contribution < -0.4 is 5.73 Å². The van der Waals surface area contributed by atoms with E-state index in [1.165, 1.54) is 0 Å². The molecule has 1 amide bonds. The molecule has 1 rings (SSSR count). The minimum absolute atomic E-state index is 0.0782. The zero-order valence-corrected chi connectivity index (χ0v) is 26.3. The second-order valence-corrected chi connectivity index (χ2v) is 12.5. The van der Waals surface area contributed by atoms with Gasteiger partial charge in [0.1, 0.15) is 12.2 Å². The summed E-state index contributed by atoms with van der Waals surface area (Å²) in [5.41, 5.74) is 5.32. The molecule has 9 heteroatoms. The van der Waals surface area contributed by atoms with Crippen LogP contribution in [0, 0.1) is 41.4 Å². The first-order valence-corrected chi connectivity index (χ1v) is 15.4. The topological polar surface area (TPSA) is 160 Å². The van der Waals surface area contributed by atoms with Crippen LogP contribution in [-0.4, -0.2) is 69.1 Å². The smallest absolute Gasteiger partial charge is 0.404 e. The molecule has 9 nitrogen and oxygen atoms in total. The normalized spacial score (nSPS) is 28.3. The number of unbranched alkanes of at least 4 members (excludes halogenated alkanes) is 1. The van der Waals surface area contributed by atoms with E-state index in [1.54, 1.807) is 26.0 Å². The fraction of sp³-hybridized carbons (Fsp3) is 0.812. The molecule has 0 aromatic heterocycles. The molecule has 0 saturated carbocycles. The molecule has 0 radical (unpaired) electrons. The quantitative estimate of drug-likeness (QED) is 0.125. The number of primary amides is 1. The number of nitrogens with two attached hydrogens (primary N) is 1. The van der Waals surface area contributed by atoms with Crippen molar-refractivity contribution >= 4 is 12.1 Å². The molecule has 0 spiro atoms. The first kappa shape index (κ1) is 37.1. The van der Waals surface area contributed by atoms with Gasteiger partial charge in [-0.25, -0.2) is 4.79 Å². The Morgan fingerprint density at radius 1 is 1.00 bits per heavy atom. The summed E-state index contributed by atoms with van der Waals surface area (Å²) in [7, 11) is 0. The first-order valence-electron chi connectivity index (χ1n) is 15.4. The zero-order valence-electron chi connectivity index (χ0n) is 26.3. The maximum Gasteiger partial charge on any atom is 0.404 e. The summed E-state index contributed by atoms with van der Waals surface area (Å²) in [5, 5.41) is 42.6. The molecule has 1 heterocycles. The van der Waals surface area contributed by atoms with Crippen LogP contribution in [0.3, 0.4) is 0 Å². The number of hydrogen-bond donors (Lipinski definition) is 5. The maximum absolute atomic E-state index is 11.9. The van der Waals surface area contributed by atoms with Crippen LogP contribution in [0.15, 0.2) is 24.3 Å². The second kappa shape index (κ2) is 17.9. The number of aliphatic hydroxyl groups is 4. The number of rotatable bonds is 17. The molecule has 238 valence electrons. The summed E-state index contributed by atoms with van der Waals surface area (Å²) in [4.78, 5) is 23.5. The summed E-state index contributed by atoms with van der Waals surface area (Å²) in [5.74, 6) is -2.07. The van der Waals surface area contributed by atoms with Gasteiger partial charge >= 0.3 is 12.1 Å². The van der Waals surface area contributed by atoms with Gasteiger partial charge in [-0.2, -0.15) is 0 Å². The first-order chi connectivity index (χ1) is 19.1. The Bertz CT molecular complexity index is 848. The Hall–Kier alpha value is -1.94. The molecule has 1 fully saturated rings. The van der Waals surface area contributed by atoms with Gasteiger partial charge in [0.05, 0.1) is 30.3 Å². The molecule has 41 heavy (non-hydrogen) atoms. The van der Waals surface area contributed by atoms with Crippen molar-refractivity contribution in [3.63, 3.8) is 0 Å². The third kappa shape index (κ3) is 11.7. The lowest BCUT2D eigenvalue weighted by atomic mass is 9.81. The summed E-state index contributed by atoms with van der Waals surface area (Å²) in [6.45, 7) is 15.2. The van der Waals surface area contributed by atoms with Gasteiger partial charge in [0.25, 0.3) is 0 Å². The van der Waals surface area contributed by atoms with Gasteiger partial charge in [-0.05, 0) is 31.6 Å². The lowest BCUT2D eigenvalue weighted by molar-refractivity contribution is -0.179. The van der Waals surface area contributed by atoms with Gasteiger partial charge in [-0.1, -0.05) is 85.6 Å². The number of amides is 1. The molecule has 1 aliphatic rings. The fourth-order valence-corrected chi connectivity index (χ4v) is 5.69. The SMILES string of the molecule is CCCC[C@H](C)[C@H](OC(N)=O)[C@@H](C)[C@H](O)[C@@H](C)C/C=C\[C@H](C)[C@@H](O)[C@@H](C)/C=C\[C@@H](O)CC1OC(=O)[C@H](C)[C@@H](O)[C@H]1C. The van der Waals surface area contributed by atoms with Crippen LogP contribution >= 0.6 is 0 Å².